The van der Waals surface area contributed by atoms with Crippen molar-refractivity contribution < 1.29 is 17.9 Å². The molecule has 0 heterocycles. The molecule has 1 aromatic rings. The maximum Gasteiger partial charge on any atom is 0.262 e. The largest absolute Gasteiger partial charge is 0.479 e. The predicted octanol–water partition coefficient (Wildman–Crippen LogP) is 0.843. The topological polar surface area (TPSA) is 89.7 Å². The third-order valence-electron chi connectivity index (χ3n) is 2.30. The number of ether oxygens (including phenoxy) is 1. The maximum absolute atomic E-state index is 11.7. The van der Waals surface area contributed by atoms with Crippen molar-refractivity contribution in [2.24, 2.45) is 5.14 Å². The lowest BCUT2D eigenvalue weighted by Gasteiger charge is -2.19. The van der Waals surface area contributed by atoms with Crippen molar-refractivity contribution >= 4 is 27.5 Å². The van der Waals surface area contributed by atoms with Crippen molar-refractivity contribution in [2.75, 3.05) is 14.1 Å². The van der Waals surface area contributed by atoms with Gasteiger partial charge >= 0.3 is 0 Å². The summed E-state index contributed by atoms with van der Waals surface area (Å²) in [5.74, 6) is -0.301. The standard InChI is InChI=1S/C11H15ClN2O4S/c1-7(11(15)14(2)3)18-9-5-4-8(12)6-10(9)19(13,16)17/h4-7H,1-3H3,(H2,13,16,17). The Labute approximate surface area is 117 Å². The number of hydrogen-bond donors (Lipinski definition) is 1. The lowest BCUT2D eigenvalue weighted by atomic mass is 10.3. The van der Waals surface area contributed by atoms with E-state index in [4.69, 9.17) is 21.5 Å². The molecule has 19 heavy (non-hydrogen) atoms. The number of sulfonamides is 1. The summed E-state index contributed by atoms with van der Waals surface area (Å²) in [4.78, 5) is 12.8. The fourth-order valence-electron chi connectivity index (χ4n) is 1.41. The Hall–Kier alpha value is -1.31. The van der Waals surface area contributed by atoms with Crippen LogP contribution in [-0.4, -0.2) is 39.4 Å². The van der Waals surface area contributed by atoms with Crippen LogP contribution in [-0.2, 0) is 14.8 Å². The van der Waals surface area contributed by atoms with E-state index in [1.54, 1.807) is 14.1 Å². The zero-order chi connectivity index (χ0) is 14.8. The average Bonchev–Trinajstić information content (AvgIpc) is 2.28. The molecule has 0 fully saturated rings. The first kappa shape index (κ1) is 15.7. The Morgan fingerprint density at radius 1 is 1.42 bits per heavy atom. The summed E-state index contributed by atoms with van der Waals surface area (Å²) < 4.78 is 28.2. The Balaban J connectivity index is 3.12. The molecule has 1 atom stereocenters. The highest BCUT2D eigenvalue weighted by Crippen LogP contribution is 2.27. The average molecular weight is 307 g/mol. The minimum absolute atomic E-state index is 0.00500. The quantitative estimate of drug-likeness (QED) is 0.892. The minimum atomic E-state index is -3.98. The van der Waals surface area contributed by atoms with Gasteiger partial charge in [-0.1, -0.05) is 11.6 Å². The number of primary sulfonamides is 1. The van der Waals surface area contributed by atoms with E-state index in [9.17, 15) is 13.2 Å². The molecule has 6 nitrogen and oxygen atoms in total. The number of halogens is 1. The van der Waals surface area contributed by atoms with Crippen LogP contribution in [0.5, 0.6) is 5.75 Å². The Morgan fingerprint density at radius 2 is 2.00 bits per heavy atom. The van der Waals surface area contributed by atoms with Crippen LogP contribution in [0.15, 0.2) is 23.1 Å². The molecule has 0 aliphatic heterocycles. The molecular weight excluding hydrogens is 292 g/mol. The van der Waals surface area contributed by atoms with Crippen LogP contribution < -0.4 is 9.88 Å². The normalized spacial score (nSPS) is 12.9. The third kappa shape index (κ3) is 4.09. The van der Waals surface area contributed by atoms with E-state index in [0.717, 1.165) is 0 Å². The molecule has 0 aliphatic carbocycles. The summed E-state index contributed by atoms with van der Waals surface area (Å²) in [5.41, 5.74) is 0. The summed E-state index contributed by atoms with van der Waals surface area (Å²) in [6, 6.07) is 4.00. The van der Waals surface area contributed by atoms with Crippen molar-refractivity contribution in [3.8, 4) is 5.75 Å². The van der Waals surface area contributed by atoms with E-state index in [0.29, 0.717) is 0 Å². The van der Waals surface area contributed by atoms with Crippen molar-refractivity contribution in [1.29, 1.82) is 0 Å². The molecule has 0 radical (unpaired) electrons. The van der Waals surface area contributed by atoms with Gasteiger partial charge in [-0.25, -0.2) is 13.6 Å². The van der Waals surface area contributed by atoms with Crippen LogP contribution in [0.25, 0.3) is 0 Å². The lowest BCUT2D eigenvalue weighted by Crippen LogP contribution is -2.35. The van der Waals surface area contributed by atoms with E-state index in [1.165, 1.54) is 30.0 Å². The van der Waals surface area contributed by atoms with Crippen LogP contribution >= 0.6 is 11.6 Å². The number of likely N-dealkylation sites (N-methyl/N-ethyl adjacent to an activating group) is 1. The SMILES string of the molecule is CC(Oc1ccc(Cl)cc1S(N)(=O)=O)C(=O)N(C)C. The monoisotopic (exact) mass is 306 g/mol. The highest BCUT2D eigenvalue weighted by molar-refractivity contribution is 7.89. The smallest absolute Gasteiger partial charge is 0.262 e. The summed E-state index contributed by atoms with van der Waals surface area (Å²) in [6.07, 6.45) is -0.836. The van der Waals surface area contributed by atoms with Crippen molar-refractivity contribution in [3.05, 3.63) is 23.2 Å². The van der Waals surface area contributed by atoms with Gasteiger partial charge in [0.25, 0.3) is 5.91 Å². The molecule has 2 N–H and O–H groups in total. The van der Waals surface area contributed by atoms with Crippen LogP contribution in [0.1, 0.15) is 6.92 Å². The molecule has 0 spiro atoms. The van der Waals surface area contributed by atoms with Gasteiger partial charge in [-0.3, -0.25) is 4.79 Å². The molecule has 1 aromatic carbocycles. The summed E-state index contributed by atoms with van der Waals surface area (Å²) in [6.45, 7) is 1.52. The van der Waals surface area contributed by atoms with Gasteiger partial charge in [-0.15, -0.1) is 0 Å². The highest BCUT2D eigenvalue weighted by atomic mass is 35.5. The summed E-state index contributed by atoms with van der Waals surface area (Å²) in [5, 5.41) is 5.29. The lowest BCUT2D eigenvalue weighted by molar-refractivity contribution is -0.135. The molecule has 1 amide bonds. The third-order valence-corrected chi connectivity index (χ3v) is 3.47. The predicted molar refractivity (Wildman–Crippen MR) is 71.6 cm³/mol. The fourth-order valence-corrected chi connectivity index (χ4v) is 2.33. The van der Waals surface area contributed by atoms with E-state index in [1.807, 2.05) is 0 Å². The zero-order valence-electron chi connectivity index (χ0n) is 10.8. The number of nitrogens with zero attached hydrogens (tertiary/aromatic N) is 1. The molecule has 106 valence electrons. The molecule has 0 saturated heterocycles. The first-order chi connectivity index (χ1) is 8.62. The first-order valence-electron chi connectivity index (χ1n) is 5.33. The summed E-state index contributed by atoms with van der Waals surface area (Å²) in [7, 11) is -0.834. The Bertz CT molecular complexity index is 586. The van der Waals surface area contributed by atoms with Crippen molar-refractivity contribution in [1.82, 2.24) is 4.90 Å². The van der Waals surface area contributed by atoms with Crippen molar-refractivity contribution in [3.63, 3.8) is 0 Å². The minimum Gasteiger partial charge on any atom is -0.479 e. The van der Waals surface area contributed by atoms with Gasteiger partial charge in [-0.2, -0.15) is 0 Å². The molecule has 0 aromatic heterocycles. The van der Waals surface area contributed by atoms with Gasteiger partial charge in [0.1, 0.15) is 10.6 Å². The van der Waals surface area contributed by atoms with Crippen LogP contribution in [0.3, 0.4) is 0 Å². The number of rotatable bonds is 4. The van der Waals surface area contributed by atoms with Gasteiger partial charge in [-0.05, 0) is 25.1 Å². The first-order valence-corrected chi connectivity index (χ1v) is 7.25. The number of carbonyl (C=O) groups is 1. The van der Waals surface area contributed by atoms with Gasteiger partial charge in [0, 0.05) is 19.1 Å². The molecular formula is C11H15ClN2O4S. The second kappa shape index (κ2) is 5.77. The molecule has 0 bridgehead atoms. The maximum atomic E-state index is 11.7. The molecule has 1 rings (SSSR count). The van der Waals surface area contributed by atoms with Crippen LogP contribution in [0.4, 0.5) is 0 Å². The van der Waals surface area contributed by atoms with E-state index in [-0.39, 0.29) is 21.6 Å². The van der Waals surface area contributed by atoms with Crippen molar-refractivity contribution in [2.45, 2.75) is 17.9 Å². The second-order valence-corrected chi connectivity index (χ2v) is 6.10. The Kier molecular flexibility index (Phi) is 4.78. The van der Waals surface area contributed by atoms with Gasteiger partial charge < -0.3 is 9.64 Å². The zero-order valence-corrected chi connectivity index (χ0v) is 12.3. The molecule has 8 heteroatoms. The second-order valence-electron chi connectivity index (χ2n) is 4.13. The fraction of sp³-hybridized carbons (Fsp3) is 0.364. The number of nitrogens with two attached hydrogens (primary N) is 1. The molecule has 0 aliphatic rings. The van der Waals surface area contributed by atoms with Crippen LogP contribution in [0.2, 0.25) is 5.02 Å². The Morgan fingerprint density at radius 3 is 2.47 bits per heavy atom. The number of carbonyl (C=O) groups excluding carboxylic acids is 1. The summed E-state index contributed by atoms with van der Waals surface area (Å²) >= 11 is 5.72. The van der Waals surface area contributed by atoms with Gasteiger partial charge in [0.05, 0.1) is 0 Å². The van der Waals surface area contributed by atoms with Gasteiger partial charge in [0.15, 0.2) is 6.10 Å². The number of hydrogen-bond acceptors (Lipinski definition) is 4. The number of amides is 1. The highest BCUT2D eigenvalue weighted by Gasteiger charge is 2.21. The molecule has 0 saturated carbocycles. The van der Waals surface area contributed by atoms with E-state index < -0.39 is 16.1 Å². The van der Waals surface area contributed by atoms with Crippen LogP contribution in [0, 0.1) is 0 Å². The van der Waals surface area contributed by atoms with E-state index in [2.05, 4.69) is 0 Å². The van der Waals surface area contributed by atoms with Gasteiger partial charge in [0.2, 0.25) is 10.0 Å². The van der Waals surface area contributed by atoms with E-state index >= 15 is 0 Å². The molecule has 1 unspecified atom stereocenters. The number of benzene rings is 1.